The third-order valence-corrected chi connectivity index (χ3v) is 3.51. The quantitative estimate of drug-likeness (QED) is 0.881. The third-order valence-electron chi connectivity index (χ3n) is 3.34. The van der Waals surface area contributed by atoms with Gasteiger partial charge in [-0.2, -0.15) is 15.0 Å². The second-order valence-electron chi connectivity index (χ2n) is 4.57. The summed E-state index contributed by atoms with van der Waals surface area (Å²) in [5, 5.41) is 0.142. The molecule has 0 amide bonds. The summed E-state index contributed by atoms with van der Waals surface area (Å²) in [7, 11) is 1.96. The van der Waals surface area contributed by atoms with E-state index in [4.69, 9.17) is 17.3 Å². The van der Waals surface area contributed by atoms with Gasteiger partial charge in [-0.05, 0) is 37.5 Å². The molecule has 1 unspecified atom stereocenters. The summed E-state index contributed by atoms with van der Waals surface area (Å²) in [6.07, 6.45) is 2.47. The average Bonchev–Trinajstić information content (AvgIpc) is 2.75. The van der Waals surface area contributed by atoms with Crippen molar-refractivity contribution in [3.63, 3.8) is 0 Å². The molecule has 0 radical (unpaired) electrons. The Morgan fingerprint density at radius 1 is 1.44 bits per heavy atom. The first-order chi connectivity index (χ1) is 8.60. The number of rotatable bonds is 4. The summed E-state index contributed by atoms with van der Waals surface area (Å²) >= 11 is 5.79. The highest BCUT2D eigenvalue weighted by Crippen LogP contribution is 2.19. The van der Waals surface area contributed by atoms with Crippen molar-refractivity contribution in [2.45, 2.75) is 25.8 Å². The third kappa shape index (κ3) is 3.00. The molecule has 0 spiro atoms. The van der Waals surface area contributed by atoms with Crippen molar-refractivity contribution in [3.05, 3.63) is 5.28 Å². The van der Waals surface area contributed by atoms with Crippen LogP contribution in [0.4, 0.5) is 11.9 Å². The smallest absolute Gasteiger partial charge is 0.231 e. The molecule has 1 aliphatic heterocycles. The van der Waals surface area contributed by atoms with Gasteiger partial charge in [0.1, 0.15) is 0 Å². The van der Waals surface area contributed by atoms with Gasteiger partial charge < -0.3 is 10.6 Å². The van der Waals surface area contributed by atoms with Crippen LogP contribution in [-0.4, -0.2) is 52.6 Å². The second-order valence-corrected chi connectivity index (χ2v) is 4.91. The van der Waals surface area contributed by atoms with Crippen molar-refractivity contribution in [2.24, 2.45) is 0 Å². The van der Waals surface area contributed by atoms with E-state index < -0.39 is 0 Å². The van der Waals surface area contributed by atoms with Crippen LogP contribution in [0.3, 0.4) is 0 Å². The standard InChI is InChI=1S/C11H19ClN6/c1-3-18-6-4-5-8(18)7-17(2)11-15-9(12)14-10(13)16-11/h8H,3-7H2,1-2H3,(H2,13,14,15,16). The van der Waals surface area contributed by atoms with Gasteiger partial charge >= 0.3 is 0 Å². The number of nitrogens with two attached hydrogens (primary N) is 1. The molecule has 7 heteroatoms. The summed E-state index contributed by atoms with van der Waals surface area (Å²) in [5.41, 5.74) is 5.58. The Labute approximate surface area is 112 Å². The summed E-state index contributed by atoms with van der Waals surface area (Å²) in [5.74, 6) is 0.700. The number of aromatic nitrogens is 3. The molecule has 1 aliphatic rings. The van der Waals surface area contributed by atoms with Gasteiger partial charge in [0.05, 0.1) is 0 Å². The number of hydrogen-bond donors (Lipinski definition) is 1. The number of nitrogen functional groups attached to an aromatic ring is 1. The highest BCUT2D eigenvalue weighted by molar-refractivity contribution is 6.28. The molecule has 0 saturated carbocycles. The van der Waals surface area contributed by atoms with Gasteiger partial charge in [0.15, 0.2) is 0 Å². The van der Waals surface area contributed by atoms with Gasteiger partial charge in [-0.15, -0.1) is 0 Å². The van der Waals surface area contributed by atoms with E-state index >= 15 is 0 Å². The van der Waals surface area contributed by atoms with Crippen molar-refractivity contribution in [1.82, 2.24) is 19.9 Å². The maximum Gasteiger partial charge on any atom is 0.231 e. The molecule has 0 aliphatic carbocycles. The Morgan fingerprint density at radius 2 is 2.22 bits per heavy atom. The number of anilines is 2. The number of likely N-dealkylation sites (tertiary alicyclic amines) is 1. The Kier molecular flexibility index (Phi) is 4.19. The van der Waals surface area contributed by atoms with Gasteiger partial charge in [-0.3, -0.25) is 4.90 Å². The lowest BCUT2D eigenvalue weighted by Gasteiger charge is -2.27. The molecule has 0 bridgehead atoms. The van der Waals surface area contributed by atoms with Crippen molar-refractivity contribution < 1.29 is 0 Å². The first kappa shape index (κ1) is 13.3. The largest absolute Gasteiger partial charge is 0.368 e. The first-order valence-electron chi connectivity index (χ1n) is 6.22. The molecule has 18 heavy (non-hydrogen) atoms. The molecule has 100 valence electrons. The second kappa shape index (κ2) is 5.67. The number of likely N-dealkylation sites (N-methyl/N-ethyl adjacent to an activating group) is 2. The van der Waals surface area contributed by atoms with E-state index in [9.17, 15) is 0 Å². The molecule has 2 heterocycles. The Morgan fingerprint density at radius 3 is 2.89 bits per heavy atom. The minimum Gasteiger partial charge on any atom is -0.368 e. The molecular formula is C11H19ClN6. The van der Waals surface area contributed by atoms with Crippen molar-refractivity contribution in [2.75, 3.05) is 37.3 Å². The normalized spacial score (nSPS) is 20.3. The average molecular weight is 271 g/mol. The van der Waals surface area contributed by atoms with Gasteiger partial charge in [-0.1, -0.05) is 6.92 Å². The Hall–Kier alpha value is -1.14. The van der Waals surface area contributed by atoms with Gasteiger partial charge in [0.25, 0.3) is 0 Å². The molecule has 1 fully saturated rings. The van der Waals surface area contributed by atoms with Crippen LogP contribution < -0.4 is 10.6 Å². The zero-order valence-electron chi connectivity index (χ0n) is 10.8. The molecule has 6 nitrogen and oxygen atoms in total. The fourth-order valence-electron chi connectivity index (χ4n) is 2.44. The zero-order chi connectivity index (χ0) is 13.1. The van der Waals surface area contributed by atoms with Gasteiger partial charge in [-0.25, -0.2) is 0 Å². The van der Waals surface area contributed by atoms with Crippen molar-refractivity contribution in [3.8, 4) is 0 Å². The van der Waals surface area contributed by atoms with Crippen molar-refractivity contribution >= 4 is 23.5 Å². The van der Waals surface area contributed by atoms with Crippen LogP contribution in [0.2, 0.25) is 5.28 Å². The summed E-state index contributed by atoms with van der Waals surface area (Å²) in [4.78, 5) is 16.4. The van der Waals surface area contributed by atoms with E-state index in [-0.39, 0.29) is 11.2 Å². The highest BCUT2D eigenvalue weighted by atomic mass is 35.5. The fourth-order valence-corrected chi connectivity index (χ4v) is 2.60. The van der Waals surface area contributed by atoms with Crippen LogP contribution in [0.5, 0.6) is 0 Å². The van der Waals surface area contributed by atoms with Gasteiger partial charge in [0.2, 0.25) is 17.2 Å². The molecule has 2 rings (SSSR count). The molecule has 1 aromatic heterocycles. The molecule has 2 N–H and O–H groups in total. The molecule has 1 aromatic rings. The monoisotopic (exact) mass is 270 g/mol. The van der Waals surface area contributed by atoms with Crippen molar-refractivity contribution in [1.29, 1.82) is 0 Å². The number of halogens is 1. The van der Waals surface area contributed by atoms with Crippen LogP contribution >= 0.6 is 11.6 Å². The lowest BCUT2D eigenvalue weighted by Crippen LogP contribution is -2.39. The van der Waals surface area contributed by atoms with Crippen LogP contribution in [0, 0.1) is 0 Å². The highest BCUT2D eigenvalue weighted by Gasteiger charge is 2.24. The number of nitrogens with zero attached hydrogens (tertiary/aromatic N) is 5. The summed E-state index contributed by atoms with van der Waals surface area (Å²) < 4.78 is 0. The van der Waals surface area contributed by atoms with E-state index in [0.717, 1.165) is 13.1 Å². The molecule has 1 atom stereocenters. The van der Waals surface area contributed by atoms with Crippen LogP contribution in [0.25, 0.3) is 0 Å². The summed E-state index contributed by atoms with van der Waals surface area (Å²) in [6, 6.07) is 0.553. The van der Waals surface area contributed by atoms with E-state index in [1.807, 2.05) is 11.9 Å². The van der Waals surface area contributed by atoms with Crippen LogP contribution in [0.1, 0.15) is 19.8 Å². The predicted molar refractivity (Wildman–Crippen MR) is 72.8 cm³/mol. The molecule has 0 aromatic carbocycles. The van der Waals surface area contributed by atoms with Crippen LogP contribution in [-0.2, 0) is 0 Å². The minimum atomic E-state index is 0.142. The maximum atomic E-state index is 5.79. The zero-order valence-corrected chi connectivity index (χ0v) is 11.6. The van der Waals surface area contributed by atoms with Crippen LogP contribution in [0.15, 0.2) is 0 Å². The number of hydrogen-bond acceptors (Lipinski definition) is 6. The predicted octanol–water partition coefficient (Wildman–Crippen LogP) is 1.03. The van der Waals surface area contributed by atoms with E-state index in [0.29, 0.717) is 12.0 Å². The lowest BCUT2D eigenvalue weighted by molar-refractivity contribution is 0.270. The van der Waals surface area contributed by atoms with Gasteiger partial charge in [0, 0.05) is 19.6 Å². The van der Waals surface area contributed by atoms with E-state index in [1.165, 1.54) is 19.4 Å². The Balaban J connectivity index is 2.04. The van der Waals surface area contributed by atoms with E-state index in [1.54, 1.807) is 0 Å². The minimum absolute atomic E-state index is 0.142. The summed E-state index contributed by atoms with van der Waals surface area (Å²) in [6.45, 7) is 5.33. The van der Waals surface area contributed by atoms with E-state index in [2.05, 4.69) is 26.8 Å². The molecular weight excluding hydrogens is 252 g/mol. The fraction of sp³-hybridized carbons (Fsp3) is 0.727. The molecule has 1 saturated heterocycles. The Bertz CT molecular complexity index is 392. The topological polar surface area (TPSA) is 71.2 Å². The SMILES string of the molecule is CCN1CCCC1CN(C)c1nc(N)nc(Cl)n1. The first-order valence-corrected chi connectivity index (χ1v) is 6.60. The maximum absolute atomic E-state index is 5.79. The lowest BCUT2D eigenvalue weighted by atomic mass is 10.2.